The first-order chi connectivity index (χ1) is 30.2. The van der Waals surface area contributed by atoms with Gasteiger partial charge in [0.25, 0.3) is 0 Å². The Bertz CT molecular complexity index is 1780. The Balaban J connectivity index is 0.922. The molecular formula is C45H75N9O8. The molecule has 1 aromatic carbocycles. The van der Waals surface area contributed by atoms with Gasteiger partial charge in [0.2, 0.25) is 5.91 Å². The van der Waals surface area contributed by atoms with Gasteiger partial charge in [0.15, 0.2) is 0 Å². The number of piperidine rings is 1. The lowest BCUT2D eigenvalue weighted by atomic mass is 9.96. The molecule has 0 atom stereocenters. The fraction of sp³-hybridized carbons (Fsp3) is 0.689. The average molecular weight is 870 g/mol. The maximum absolute atomic E-state index is 11.6. The van der Waals surface area contributed by atoms with Crippen LogP contribution in [0.3, 0.4) is 0 Å². The van der Waals surface area contributed by atoms with E-state index >= 15 is 0 Å². The number of hydrogen-bond donors (Lipinski definition) is 6. The Morgan fingerprint density at radius 1 is 0.871 bits per heavy atom. The predicted molar refractivity (Wildman–Crippen MR) is 245 cm³/mol. The molecule has 62 heavy (non-hydrogen) atoms. The molecular weight excluding hydrogens is 795 g/mol. The third kappa shape index (κ3) is 18.1. The number of hydrogen-bond acceptors (Lipinski definition) is 15. The fourth-order valence-electron chi connectivity index (χ4n) is 7.46. The molecule has 0 spiro atoms. The van der Waals surface area contributed by atoms with E-state index in [9.17, 15) is 9.90 Å². The Morgan fingerprint density at radius 3 is 2.10 bits per heavy atom. The van der Waals surface area contributed by atoms with Crippen LogP contribution in [0.5, 0.6) is 5.75 Å². The summed E-state index contributed by atoms with van der Waals surface area (Å²) in [4.78, 5) is 29.6. The first-order valence-corrected chi connectivity index (χ1v) is 22.5. The molecule has 0 unspecified atom stereocenters. The monoisotopic (exact) mass is 870 g/mol. The van der Waals surface area contributed by atoms with Crippen LogP contribution in [0.25, 0.3) is 27.5 Å². The molecule has 1 aliphatic heterocycles. The average Bonchev–Trinajstić information content (AvgIpc) is 3.71. The highest BCUT2D eigenvalue weighted by atomic mass is 16.6. The summed E-state index contributed by atoms with van der Waals surface area (Å²) in [5.41, 5.74) is 3.80. The van der Waals surface area contributed by atoms with Crippen molar-refractivity contribution < 1.29 is 38.3 Å². The number of rotatable bonds is 34. The molecule has 2 aromatic heterocycles. The first-order valence-electron chi connectivity index (χ1n) is 22.5. The number of aliphatic hydroxyl groups is 1. The number of fused-ring (bicyclic) bond motifs is 3. The highest BCUT2D eigenvalue weighted by Gasteiger charge is 2.24. The molecule has 3 aromatic rings. The van der Waals surface area contributed by atoms with E-state index in [-0.39, 0.29) is 17.4 Å². The number of aromatic nitrogens is 3. The van der Waals surface area contributed by atoms with Crippen LogP contribution in [-0.4, -0.2) is 188 Å². The summed E-state index contributed by atoms with van der Waals surface area (Å²) in [7, 11) is 5.57. The van der Waals surface area contributed by atoms with Gasteiger partial charge >= 0.3 is 0 Å². The lowest BCUT2D eigenvalue weighted by Gasteiger charge is -2.30. The number of ether oxygens (including phenoxy) is 6. The standard InChI is InChI=1S/C45H75N9O8/c1-34(46)43(35(2)55)38-31-39-37(32-41(38)57-5)44-40(33-50-39)51-45(52-44)36-10-18-54(19-11-36)20-22-59-24-26-61-28-30-62-29-27-60-25-23-58-21-8-13-48-12-6-16-53(4)17-7-14-49-42(56)9-15-47-3/h31-33,36,46-48,55H,6-30H2,1-5H3,(H,49,56)(H,51,52)/b43-35+,46-34?. The van der Waals surface area contributed by atoms with Crippen molar-refractivity contribution in [1.82, 2.24) is 40.7 Å². The molecule has 0 radical (unpaired) electrons. The van der Waals surface area contributed by atoms with Gasteiger partial charge in [-0.15, -0.1) is 0 Å². The van der Waals surface area contributed by atoms with Crippen LogP contribution in [0.2, 0.25) is 0 Å². The predicted octanol–water partition coefficient (Wildman–Crippen LogP) is 4.13. The van der Waals surface area contributed by atoms with E-state index in [0.29, 0.717) is 102 Å². The summed E-state index contributed by atoms with van der Waals surface area (Å²) < 4.78 is 34.1. The molecule has 1 amide bonds. The molecule has 348 valence electrons. The largest absolute Gasteiger partial charge is 0.512 e. The quantitative estimate of drug-likeness (QED) is 0.0285. The van der Waals surface area contributed by atoms with E-state index in [1.807, 2.05) is 19.2 Å². The smallest absolute Gasteiger partial charge is 0.221 e. The Kier molecular flexibility index (Phi) is 24.2. The number of H-pyrrole nitrogens is 1. The zero-order valence-electron chi connectivity index (χ0n) is 38.1. The molecule has 0 aliphatic carbocycles. The van der Waals surface area contributed by atoms with Crippen molar-refractivity contribution in [3.8, 4) is 5.75 Å². The Labute approximate surface area is 368 Å². The minimum absolute atomic E-state index is 0.0665. The van der Waals surface area contributed by atoms with Crippen molar-refractivity contribution >= 4 is 39.1 Å². The number of methoxy groups -OCH3 is 1. The Hall–Kier alpha value is -3.78. The van der Waals surface area contributed by atoms with Gasteiger partial charge in [-0.3, -0.25) is 9.78 Å². The highest BCUT2D eigenvalue weighted by Crippen LogP contribution is 2.36. The first kappa shape index (κ1) is 50.9. The molecule has 1 fully saturated rings. The number of amides is 1. The molecule has 0 bridgehead atoms. The van der Waals surface area contributed by atoms with Gasteiger partial charge in [0.1, 0.15) is 17.1 Å². The second kappa shape index (κ2) is 29.6. The third-order valence-corrected chi connectivity index (χ3v) is 10.9. The number of carbonyl (C=O) groups excluding carboxylic acids is 1. The van der Waals surface area contributed by atoms with E-state index in [0.717, 1.165) is 112 Å². The van der Waals surface area contributed by atoms with Gasteiger partial charge in [0.05, 0.1) is 89.6 Å². The van der Waals surface area contributed by atoms with Crippen LogP contribution in [0.1, 0.15) is 69.7 Å². The zero-order valence-corrected chi connectivity index (χ0v) is 38.1. The molecule has 6 N–H and O–H groups in total. The number of aromatic amines is 1. The maximum atomic E-state index is 11.6. The van der Waals surface area contributed by atoms with E-state index in [2.05, 4.69) is 42.8 Å². The van der Waals surface area contributed by atoms with Crippen molar-refractivity contribution in [2.45, 2.75) is 58.3 Å². The van der Waals surface area contributed by atoms with Crippen LogP contribution in [0, 0.1) is 5.41 Å². The van der Waals surface area contributed by atoms with E-state index in [1.54, 1.807) is 27.2 Å². The molecule has 0 saturated carbocycles. The number of allylic oxidation sites excluding steroid dienone is 2. The normalized spacial score (nSPS) is 14.3. The number of carbonyl (C=O) groups is 1. The number of nitrogens with one attached hydrogen (secondary N) is 5. The molecule has 17 heteroatoms. The number of pyridine rings is 1. The zero-order chi connectivity index (χ0) is 44.4. The summed E-state index contributed by atoms with van der Waals surface area (Å²) in [6.07, 6.45) is 7.36. The van der Waals surface area contributed by atoms with Crippen molar-refractivity contribution in [1.29, 1.82) is 5.41 Å². The Morgan fingerprint density at radius 2 is 1.48 bits per heavy atom. The number of benzene rings is 1. The van der Waals surface area contributed by atoms with Crippen LogP contribution >= 0.6 is 0 Å². The molecule has 1 saturated heterocycles. The second-order valence-electron chi connectivity index (χ2n) is 15.8. The van der Waals surface area contributed by atoms with Crippen LogP contribution < -0.4 is 20.7 Å². The number of likely N-dealkylation sites (tertiary alicyclic amines) is 1. The van der Waals surface area contributed by atoms with Crippen molar-refractivity contribution in [2.24, 2.45) is 0 Å². The SMILES string of the molecule is CNCCC(=O)NCCCN(C)CCCNCCCOCCOCCOCCOCCOCCN1CCC(c2nc3cnc4cc(/C(C(C)=N)=C(\C)O)c(OC)cc4c3[nH]2)CC1. The van der Waals surface area contributed by atoms with Crippen molar-refractivity contribution in [2.75, 3.05) is 146 Å². The molecule has 3 heterocycles. The lowest BCUT2D eigenvalue weighted by molar-refractivity contribution is -0.121. The van der Waals surface area contributed by atoms with Gasteiger partial charge in [-0.05, 0) is 111 Å². The van der Waals surface area contributed by atoms with Gasteiger partial charge < -0.3 is 69.7 Å². The third-order valence-electron chi connectivity index (χ3n) is 10.9. The topological polar surface area (TPSA) is 201 Å². The van der Waals surface area contributed by atoms with Gasteiger partial charge in [-0.1, -0.05) is 0 Å². The van der Waals surface area contributed by atoms with Crippen LogP contribution in [0.4, 0.5) is 0 Å². The van der Waals surface area contributed by atoms with Crippen LogP contribution in [-0.2, 0) is 28.5 Å². The van der Waals surface area contributed by atoms with Gasteiger partial charge in [0, 0.05) is 60.8 Å². The highest BCUT2D eigenvalue weighted by molar-refractivity contribution is 6.23. The number of nitrogens with zero attached hydrogens (tertiary/aromatic N) is 4. The molecule has 1 aliphatic rings. The summed E-state index contributed by atoms with van der Waals surface area (Å²) >= 11 is 0. The van der Waals surface area contributed by atoms with Crippen molar-refractivity contribution in [3.05, 3.63) is 35.5 Å². The lowest BCUT2D eigenvalue weighted by Crippen LogP contribution is -2.35. The number of aliphatic hydroxyl groups excluding tert-OH is 1. The summed E-state index contributed by atoms with van der Waals surface area (Å²) in [5.74, 6) is 2.05. The van der Waals surface area contributed by atoms with Crippen LogP contribution in [0.15, 0.2) is 24.1 Å². The van der Waals surface area contributed by atoms with E-state index in [4.69, 9.17) is 38.8 Å². The fourth-order valence-corrected chi connectivity index (χ4v) is 7.46. The van der Waals surface area contributed by atoms with Gasteiger partial charge in [-0.25, -0.2) is 4.98 Å². The van der Waals surface area contributed by atoms with Gasteiger partial charge in [-0.2, -0.15) is 0 Å². The maximum Gasteiger partial charge on any atom is 0.221 e. The van der Waals surface area contributed by atoms with E-state index in [1.165, 1.54) is 0 Å². The second-order valence-corrected chi connectivity index (χ2v) is 15.8. The molecule has 17 nitrogen and oxygen atoms in total. The minimum atomic E-state index is 0.0665. The summed E-state index contributed by atoms with van der Waals surface area (Å²) in [6, 6.07) is 3.78. The van der Waals surface area contributed by atoms with E-state index < -0.39 is 0 Å². The van der Waals surface area contributed by atoms with Crippen molar-refractivity contribution in [3.63, 3.8) is 0 Å². The number of imidazole rings is 1. The summed E-state index contributed by atoms with van der Waals surface area (Å²) in [6.45, 7) is 17.2. The summed E-state index contributed by atoms with van der Waals surface area (Å²) in [5, 5.41) is 28.8. The minimum Gasteiger partial charge on any atom is -0.512 e. The molecule has 4 rings (SSSR count).